The van der Waals surface area contributed by atoms with Crippen LogP contribution in [0.15, 0.2) is 41.7 Å². The van der Waals surface area contributed by atoms with Crippen molar-refractivity contribution >= 4 is 11.9 Å². The molecule has 146 valence electrons. The van der Waals surface area contributed by atoms with Crippen LogP contribution in [0.25, 0.3) is 0 Å². The minimum absolute atomic E-state index is 0.0254. The van der Waals surface area contributed by atoms with Gasteiger partial charge in [-0.3, -0.25) is 0 Å². The average molecular weight is 375 g/mol. The largest absolute Gasteiger partial charge is 0.497 e. The van der Waals surface area contributed by atoms with Gasteiger partial charge in [-0.05, 0) is 32.0 Å². The molecule has 1 aromatic rings. The first-order valence-corrected chi connectivity index (χ1v) is 8.47. The van der Waals surface area contributed by atoms with Crippen LogP contribution in [0, 0.1) is 0 Å². The Bertz CT molecular complexity index is 747. The Hall–Kier alpha value is -2.96. The molecule has 0 saturated heterocycles. The summed E-state index contributed by atoms with van der Waals surface area (Å²) in [6.07, 6.45) is 3.37. The van der Waals surface area contributed by atoms with Gasteiger partial charge in [0, 0.05) is 24.0 Å². The summed E-state index contributed by atoms with van der Waals surface area (Å²) in [5.74, 6) is -0.700. The molecule has 1 aromatic carbocycles. The monoisotopic (exact) mass is 375 g/mol. The lowest BCUT2D eigenvalue weighted by atomic mass is 9.82. The van der Waals surface area contributed by atoms with E-state index in [4.69, 9.17) is 18.9 Å². The van der Waals surface area contributed by atoms with Gasteiger partial charge < -0.3 is 23.8 Å². The van der Waals surface area contributed by atoms with Crippen molar-refractivity contribution < 1.29 is 28.5 Å². The van der Waals surface area contributed by atoms with Crippen LogP contribution in [0.3, 0.4) is 0 Å². The maximum Gasteiger partial charge on any atom is 0.336 e. The number of methoxy groups -OCH3 is 4. The van der Waals surface area contributed by atoms with Gasteiger partial charge >= 0.3 is 11.9 Å². The molecule has 0 saturated carbocycles. The smallest absolute Gasteiger partial charge is 0.336 e. The molecule has 0 radical (unpaired) electrons. The van der Waals surface area contributed by atoms with Gasteiger partial charge in [0.25, 0.3) is 0 Å². The molecule has 0 aliphatic carbocycles. The van der Waals surface area contributed by atoms with Crippen molar-refractivity contribution in [1.29, 1.82) is 0 Å². The molecule has 1 aliphatic heterocycles. The number of esters is 2. The Morgan fingerprint density at radius 2 is 1.48 bits per heavy atom. The molecule has 7 nitrogen and oxygen atoms in total. The summed E-state index contributed by atoms with van der Waals surface area (Å²) < 4.78 is 20.7. The second-order valence-corrected chi connectivity index (χ2v) is 6.23. The highest BCUT2D eigenvalue weighted by atomic mass is 16.5. The lowest BCUT2D eigenvalue weighted by Crippen LogP contribution is -2.31. The molecule has 0 fully saturated rings. The van der Waals surface area contributed by atoms with Gasteiger partial charge in [-0.1, -0.05) is 0 Å². The van der Waals surface area contributed by atoms with Gasteiger partial charge in [-0.25, -0.2) is 9.59 Å². The van der Waals surface area contributed by atoms with E-state index in [1.807, 2.05) is 13.8 Å². The number of hydrogen-bond donors (Lipinski definition) is 0. The minimum atomic E-state index is -0.718. The van der Waals surface area contributed by atoms with Crippen LogP contribution in [0.1, 0.15) is 25.3 Å². The highest BCUT2D eigenvalue weighted by Gasteiger charge is 2.37. The molecule has 0 amide bonds. The summed E-state index contributed by atoms with van der Waals surface area (Å²) in [6.45, 7) is 3.90. The SMILES string of the molecule is COC(=O)C1=CN(C(C)C)C=C(C(=O)OC)C1c1cc(OC)ccc1OC. The molecule has 7 heteroatoms. The number of rotatable bonds is 6. The van der Waals surface area contributed by atoms with Crippen LogP contribution < -0.4 is 9.47 Å². The molecular formula is C20H25NO6. The van der Waals surface area contributed by atoms with Crippen molar-refractivity contribution in [2.75, 3.05) is 28.4 Å². The summed E-state index contributed by atoms with van der Waals surface area (Å²) in [4.78, 5) is 26.9. The number of benzene rings is 1. The van der Waals surface area contributed by atoms with Gasteiger partial charge in [-0.15, -0.1) is 0 Å². The molecule has 0 aromatic heterocycles. The molecule has 1 heterocycles. The van der Waals surface area contributed by atoms with E-state index in [0.29, 0.717) is 28.2 Å². The Morgan fingerprint density at radius 1 is 0.926 bits per heavy atom. The summed E-state index contributed by atoms with van der Waals surface area (Å²) in [5.41, 5.74) is 1.22. The third-order valence-electron chi connectivity index (χ3n) is 4.38. The molecule has 27 heavy (non-hydrogen) atoms. The first-order valence-electron chi connectivity index (χ1n) is 8.47. The van der Waals surface area contributed by atoms with Gasteiger partial charge in [0.15, 0.2) is 0 Å². The van der Waals surface area contributed by atoms with Gasteiger partial charge in [0.1, 0.15) is 11.5 Å². The number of ether oxygens (including phenoxy) is 4. The zero-order valence-electron chi connectivity index (χ0n) is 16.4. The first-order chi connectivity index (χ1) is 12.9. The van der Waals surface area contributed by atoms with Crippen molar-refractivity contribution in [3.05, 3.63) is 47.3 Å². The fourth-order valence-electron chi connectivity index (χ4n) is 2.95. The van der Waals surface area contributed by atoms with Crippen molar-refractivity contribution in [3.8, 4) is 11.5 Å². The van der Waals surface area contributed by atoms with Crippen LogP contribution in [-0.2, 0) is 19.1 Å². The van der Waals surface area contributed by atoms with E-state index in [9.17, 15) is 9.59 Å². The number of nitrogens with zero attached hydrogens (tertiary/aromatic N) is 1. The second-order valence-electron chi connectivity index (χ2n) is 6.23. The molecule has 2 rings (SSSR count). The number of carbonyl (C=O) groups is 2. The normalized spacial score (nSPS) is 14.4. The van der Waals surface area contributed by atoms with E-state index in [-0.39, 0.29) is 6.04 Å². The van der Waals surface area contributed by atoms with Crippen LogP contribution in [-0.4, -0.2) is 51.3 Å². The molecule has 0 unspecified atom stereocenters. The van der Waals surface area contributed by atoms with Gasteiger partial charge in [0.2, 0.25) is 0 Å². The quantitative estimate of drug-likeness (QED) is 0.708. The van der Waals surface area contributed by atoms with Crippen molar-refractivity contribution in [2.24, 2.45) is 0 Å². The molecule has 0 bridgehead atoms. The van der Waals surface area contributed by atoms with Crippen LogP contribution in [0.2, 0.25) is 0 Å². The average Bonchev–Trinajstić information content (AvgIpc) is 2.70. The van der Waals surface area contributed by atoms with E-state index in [0.717, 1.165) is 0 Å². The zero-order valence-corrected chi connectivity index (χ0v) is 16.4. The van der Waals surface area contributed by atoms with Gasteiger partial charge in [0.05, 0.1) is 45.5 Å². The van der Waals surface area contributed by atoms with Crippen molar-refractivity contribution in [1.82, 2.24) is 4.90 Å². The Labute approximate surface area is 159 Å². The zero-order chi connectivity index (χ0) is 20.1. The lowest BCUT2D eigenvalue weighted by molar-refractivity contribution is -0.137. The lowest BCUT2D eigenvalue weighted by Gasteiger charge is -2.32. The Morgan fingerprint density at radius 3 is 1.89 bits per heavy atom. The summed E-state index contributed by atoms with van der Waals surface area (Å²) >= 11 is 0. The Kier molecular flexibility index (Phi) is 6.50. The van der Waals surface area contributed by atoms with Crippen molar-refractivity contribution in [3.63, 3.8) is 0 Å². The standard InChI is InChI=1S/C20H25NO6/c1-12(2)21-10-15(19(22)26-5)18(16(11-21)20(23)27-6)14-9-13(24-3)7-8-17(14)25-4/h7-12,18H,1-6H3. The highest BCUT2D eigenvalue weighted by molar-refractivity contribution is 5.98. The van der Waals surface area contributed by atoms with E-state index < -0.39 is 17.9 Å². The van der Waals surface area contributed by atoms with E-state index in [2.05, 4.69) is 0 Å². The molecule has 0 spiro atoms. The molecule has 0 N–H and O–H groups in total. The predicted octanol–water partition coefficient (Wildman–Crippen LogP) is 2.63. The third kappa shape index (κ3) is 4.07. The maximum absolute atomic E-state index is 12.6. The molecular weight excluding hydrogens is 350 g/mol. The first kappa shape index (κ1) is 20.4. The van der Waals surface area contributed by atoms with Crippen molar-refractivity contribution in [2.45, 2.75) is 25.8 Å². The predicted molar refractivity (Wildman–Crippen MR) is 99.5 cm³/mol. The molecule has 1 aliphatic rings. The van der Waals surface area contributed by atoms with Gasteiger partial charge in [-0.2, -0.15) is 0 Å². The molecule has 0 atom stereocenters. The fourth-order valence-corrected chi connectivity index (χ4v) is 2.95. The summed E-state index contributed by atoms with van der Waals surface area (Å²) in [6, 6.07) is 5.24. The van der Waals surface area contributed by atoms with E-state index in [1.165, 1.54) is 21.3 Å². The van der Waals surface area contributed by atoms with Crippen LogP contribution in [0.4, 0.5) is 0 Å². The summed E-state index contributed by atoms with van der Waals surface area (Å²) in [5, 5.41) is 0. The van der Waals surface area contributed by atoms with E-state index in [1.54, 1.807) is 42.6 Å². The van der Waals surface area contributed by atoms with Crippen LogP contribution in [0.5, 0.6) is 11.5 Å². The second kappa shape index (κ2) is 8.62. The maximum atomic E-state index is 12.6. The third-order valence-corrected chi connectivity index (χ3v) is 4.38. The van der Waals surface area contributed by atoms with Crippen LogP contribution >= 0.6 is 0 Å². The minimum Gasteiger partial charge on any atom is -0.497 e. The number of hydrogen-bond acceptors (Lipinski definition) is 7. The van der Waals surface area contributed by atoms with E-state index >= 15 is 0 Å². The fraction of sp³-hybridized carbons (Fsp3) is 0.400. The topological polar surface area (TPSA) is 74.3 Å². The number of carbonyl (C=O) groups excluding carboxylic acids is 2. The highest BCUT2D eigenvalue weighted by Crippen LogP contribution is 2.42. The summed E-state index contributed by atoms with van der Waals surface area (Å²) in [7, 11) is 5.68. The Balaban J connectivity index is 2.74.